The van der Waals surface area contributed by atoms with Gasteiger partial charge in [0.05, 0.1) is 6.10 Å². The van der Waals surface area contributed by atoms with E-state index in [9.17, 15) is 5.11 Å². The number of aliphatic hydroxyl groups is 1. The van der Waals surface area contributed by atoms with Crippen LogP contribution in [0.5, 0.6) is 0 Å². The summed E-state index contributed by atoms with van der Waals surface area (Å²) in [5, 5.41) is 11.7. The van der Waals surface area contributed by atoms with Gasteiger partial charge in [-0.25, -0.2) is 0 Å². The molecule has 1 atom stereocenters. The third-order valence-electron chi connectivity index (χ3n) is 3.35. The van der Waals surface area contributed by atoms with Crippen LogP contribution >= 0.6 is 11.6 Å². The monoisotopic (exact) mass is 265 g/mol. The minimum absolute atomic E-state index is 0.536. The maximum Gasteiger partial charge on any atom is 0.115 e. The largest absolute Gasteiger partial charge is 0.389 e. The number of unbranched alkanes of at least 4 members (excludes halogenated alkanes) is 1. The molecule has 18 heavy (non-hydrogen) atoms. The molecular formula is C15H20ClNO. The van der Waals surface area contributed by atoms with Crippen molar-refractivity contribution in [1.29, 1.82) is 0 Å². The van der Waals surface area contributed by atoms with Crippen molar-refractivity contribution in [3.63, 3.8) is 0 Å². The SMILES string of the molecule is CCCCn1c(Cl)c(C(C)O)c2ccc(C)cc21. The number of benzene rings is 1. The van der Waals surface area contributed by atoms with Gasteiger partial charge in [0.15, 0.2) is 0 Å². The zero-order valence-electron chi connectivity index (χ0n) is 11.2. The molecule has 0 amide bonds. The van der Waals surface area contributed by atoms with Crippen molar-refractivity contribution in [2.75, 3.05) is 0 Å². The van der Waals surface area contributed by atoms with E-state index in [0.717, 1.165) is 35.9 Å². The Bertz CT molecular complexity index is 557. The van der Waals surface area contributed by atoms with Crippen LogP contribution in [0.25, 0.3) is 10.9 Å². The number of fused-ring (bicyclic) bond motifs is 1. The summed E-state index contributed by atoms with van der Waals surface area (Å²) in [7, 11) is 0. The van der Waals surface area contributed by atoms with E-state index in [1.165, 1.54) is 5.56 Å². The minimum atomic E-state index is -0.536. The van der Waals surface area contributed by atoms with E-state index >= 15 is 0 Å². The number of hydrogen-bond donors (Lipinski definition) is 1. The molecule has 0 saturated carbocycles. The molecule has 1 N–H and O–H groups in total. The lowest BCUT2D eigenvalue weighted by atomic mass is 10.1. The number of hydrogen-bond acceptors (Lipinski definition) is 1. The van der Waals surface area contributed by atoms with Crippen molar-refractivity contribution in [2.45, 2.75) is 46.3 Å². The Morgan fingerprint density at radius 2 is 2.11 bits per heavy atom. The summed E-state index contributed by atoms with van der Waals surface area (Å²) < 4.78 is 2.12. The Kier molecular flexibility index (Phi) is 3.98. The third kappa shape index (κ3) is 2.27. The molecule has 1 heterocycles. The first kappa shape index (κ1) is 13.4. The molecule has 98 valence electrons. The number of nitrogens with zero attached hydrogens (tertiary/aromatic N) is 1. The van der Waals surface area contributed by atoms with Crippen LogP contribution < -0.4 is 0 Å². The lowest BCUT2D eigenvalue weighted by Crippen LogP contribution is -1.98. The Morgan fingerprint density at radius 1 is 1.39 bits per heavy atom. The highest BCUT2D eigenvalue weighted by atomic mass is 35.5. The van der Waals surface area contributed by atoms with Crippen LogP contribution in [0.1, 0.15) is 43.9 Å². The zero-order chi connectivity index (χ0) is 13.3. The quantitative estimate of drug-likeness (QED) is 0.868. The first-order valence-corrected chi connectivity index (χ1v) is 6.90. The van der Waals surface area contributed by atoms with Gasteiger partial charge in [-0.1, -0.05) is 37.1 Å². The van der Waals surface area contributed by atoms with E-state index in [1.807, 2.05) is 0 Å². The average Bonchev–Trinajstić information content (AvgIpc) is 2.58. The highest BCUT2D eigenvalue weighted by Crippen LogP contribution is 2.35. The van der Waals surface area contributed by atoms with Gasteiger partial charge >= 0.3 is 0 Å². The maximum absolute atomic E-state index is 9.91. The molecule has 0 bridgehead atoms. The molecule has 2 nitrogen and oxygen atoms in total. The molecule has 0 aliphatic rings. The minimum Gasteiger partial charge on any atom is -0.389 e. The second kappa shape index (κ2) is 5.33. The van der Waals surface area contributed by atoms with E-state index in [-0.39, 0.29) is 0 Å². The van der Waals surface area contributed by atoms with E-state index in [2.05, 4.69) is 36.6 Å². The standard InChI is InChI=1S/C15H20ClNO/c1-4-5-8-17-13-9-10(2)6-7-12(13)14(11(3)18)15(17)16/h6-7,9,11,18H,4-5,8H2,1-3H3. The van der Waals surface area contributed by atoms with Gasteiger partial charge in [0.1, 0.15) is 5.15 Å². The first-order valence-electron chi connectivity index (χ1n) is 6.52. The molecule has 3 heteroatoms. The van der Waals surface area contributed by atoms with Crippen LogP contribution in [-0.2, 0) is 6.54 Å². The fraction of sp³-hybridized carbons (Fsp3) is 0.467. The Balaban J connectivity index is 2.66. The lowest BCUT2D eigenvalue weighted by Gasteiger charge is -2.07. The Hall–Kier alpha value is -0.990. The molecular weight excluding hydrogens is 246 g/mol. The molecule has 0 radical (unpaired) electrons. The smallest absolute Gasteiger partial charge is 0.115 e. The van der Waals surface area contributed by atoms with Crippen LogP contribution in [-0.4, -0.2) is 9.67 Å². The van der Waals surface area contributed by atoms with E-state index in [1.54, 1.807) is 6.92 Å². The lowest BCUT2D eigenvalue weighted by molar-refractivity contribution is 0.200. The van der Waals surface area contributed by atoms with Crippen LogP contribution in [0.15, 0.2) is 18.2 Å². The predicted octanol–water partition coefficient (Wildman–Crippen LogP) is 4.46. The second-order valence-electron chi connectivity index (χ2n) is 4.91. The molecule has 2 rings (SSSR count). The van der Waals surface area contributed by atoms with Crippen molar-refractivity contribution < 1.29 is 5.11 Å². The summed E-state index contributed by atoms with van der Waals surface area (Å²) in [5.41, 5.74) is 3.19. The van der Waals surface area contributed by atoms with Gasteiger partial charge in [-0.15, -0.1) is 0 Å². The van der Waals surface area contributed by atoms with Crippen molar-refractivity contribution in [3.8, 4) is 0 Å². The van der Waals surface area contributed by atoms with Gasteiger partial charge in [-0.05, 0) is 31.9 Å². The number of rotatable bonds is 4. The molecule has 0 spiro atoms. The van der Waals surface area contributed by atoms with Gasteiger partial charge in [0.2, 0.25) is 0 Å². The molecule has 1 unspecified atom stereocenters. The van der Waals surface area contributed by atoms with Crippen LogP contribution in [0.2, 0.25) is 5.15 Å². The molecule has 1 aromatic heterocycles. The third-order valence-corrected chi connectivity index (χ3v) is 3.75. The molecule has 2 aromatic rings. The molecule has 0 aliphatic heterocycles. The summed E-state index contributed by atoms with van der Waals surface area (Å²) >= 11 is 6.44. The van der Waals surface area contributed by atoms with Crippen LogP contribution in [0.4, 0.5) is 0 Å². The van der Waals surface area contributed by atoms with Crippen LogP contribution in [0.3, 0.4) is 0 Å². The molecule has 0 fully saturated rings. The Labute approximate surface area is 113 Å². The van der Waals surface area contributed by atoms with Crippen molar-refractivity contribution in [1.82, 2.24) is 4.57 Å². The summed E-state index contributed by atoms with van der Waals surface area (Å²) in [6.45, 7) is 6.92. The van der Waals surface area contributed by atoms with Gasteiger partial charge in [0, 0.05) is 23.0 Å². The fourth-order valence-corrected chi connectivity index (χ4v) is 2.82. The number of aliphatic hydroxyl groups excluding tert-OH is 1. The second-order valence-corrected chi connectivity index (χ2v) is 5.26. The fourth-order valence-electron chi connectivity index (χ4n) is 2.39. The number of aromatic nitrogens is 1. The maximum atomic E-state index is 9.91. The van der Waals surface area contributed by atoms with Crippen molar-refractivity contribution >= 4 is 22.5 Å². The molecule has 0 aliphatic carbocycles. The summed E-state index contributed by atoms with van der Waals surface area (Å²) in [6, 6.07) is 6.26. The average molecular weight is 266 g/mol. The number of halogens is 1. The summed E-state index contributed by atoms with van der Waals surface area (Å²) in [5.74, 6) is 0. The molecule has 1 aromatic carbocycles. The summed E-state index contributed by atoms with van der Waals surface area (Å²) in [6.07, 6.45) is 1.69. The van der Waals surface area contributed by atoms with Crippen molar-refractivity contribution in [3.05, 3.63) is 34.5 Å². The van der Waals surface area contributed by atoms with Gasteiger partial charge in [0.25, 0.3) is 0 Å². The zero-order valence-corrected chi connectivity index (χ0v) is 12.0. The van der Waals surface area contributed by atoms with Crippen LogP contribution in [0, 0.1) is 6.92 Å². The Morgan fingerprint density at radius 3 is 2.72 bits per heavy atom. The van der Waals surface area contributed by atoms with Crippen molar-refractivity contribution in [2.24, 2.45) is 0 Å². The van der Waals surface area contributed by atoms with Gasteiger partial charge in [-0.3, -0.25) is 0 Å². The van der Waals surface area contributed by atoms with Gasteiger partial charge in [-0.2, -0.15) is 0 Å². The predicted molar refractivity (Wildman–Crippen MR) is 77.2 cm³/mol. The molecule has 0 saturated heterocycles. The highest BCUT2D eigenvalue weighted by molar-refractivity contribution is 6.32. The topological polar surface area (TPSA) is 25.2 Å². The number of aryl methyl sites for hydroxylation is 2. The van der Waals surface area contributed by atoms with E-state index in [0.29, 0.717) is 5.15 Å². The van der Waals surface area contributed by atoms with E-state index < -0.39 is 6.10 Å². The highest BCUT2D eigenvalue weighted by Gasteiger charge is 2.18. The van der Waals surface area contributed by atoms with Gasteiger partial charge < -0.3 is 9.67 Å². The normalized spacial score (nSPS) is 13.2. The van der Waals surface area contributed by atoms with E-state index in [4.69, 9.17) is 11.6 Å². The summed E-state index contributed by atoms with van der Waals surface area (Å²) in [4.78, 5) is 0. The first-order chi connectivity index (χ1) is 8.56.